The molecule has 0 bridgehead atoms. The van der Waals surface area contributed by atoms with E-state index in [1.165, 1.54) is 0 Å². The molecule has 126 valence electrons. The summed E-state index contributed by atoms with van der Waals surface area (Å²) in [5.74, 6) is 0.665. The molecular weight excluding hydrogens is 294 g/mol. The molecule has 0 saturated carbocycles. The molecule has 1 fully saturated rings. The fourth-order valence-electron chi connectivity index (χ4n) is 2.49. The van der Waals surface area contributed by atoms with Crippen LogP contribution in [0.5, 0.6) is 5.75 Å². The minimum Gasteiger partial charge on any atom is -0.489 e. The van der Waals surface area contributed by atoms with E-state index in [1.54, 1.807) is 4.90 Å². The Balaban J connectivity index is 1.80. The van der Waals surface area contributed by atoms with Crippen LogP contribution in [-0.4, -0.2) is 60.9 Å². The molecule has 2 amide bonds. The van der Waals surface area contributed by atoms with E-state index < -0.39 is 0 Å². The smallest absolute Gasteiger partial charge is 0.225 e. The van der Waals surface area contributed by atoms with Gasteiger partial charge in [0.15, 0.2) is 0 Å². The molecule has 1 heterocycles. The van der Waals surface area contributed by atoms with E-state index in [0.29, 0.717) is 24.4 Å². The van der Waals surface area contributed by atoms with Gasteiger partial charge in [-0.05, 0) is 26.0 Å². The fraction of sp³-hybridized carbons (Fsp3) is 0.529. The van der Waals surface area contributed by atoms with Crippen molar-refractivity contribution in [2.75, 3.05) is 38.0 Å². The highest BCUT2D eigenvalue weighted by Crippen LogP contribution is 2.24. The van der Waals surface area contributed by atoms with Crippen molar-refractivity contribution in [2.45, 2.75) is 26.4 Å². The van der Waals surface area contributed by atoms with Crippen LogP contribution in [0.25, 0.3) is 0 Å². The summed E-state index contributed by atoms with van der Waals surface area (Å²) in [6, 6.07) is 7.47. The molecule has 0 aliphatic carbocycles. The van der Waals surface area contributed by atoms with Gasteiger partial charge < -0.3 is 15.0 Å². The summed E-state index contributed by atoms with van der Waals surface area (Å²) in [4.78, 5) is 26.8. The quantitative estimate of drug-likeness (QED) is 0.775. The zero-order valence-electron chi connectivity index (χ0n) is 13.8. The van der Waals surface area contributed by atoms with Gasteiger partial charge in [-0.1, -0.05) is 12.1 Å². The average molecular weight is 319 g/mol. The highest BCUT2D eigenvalue weighted by Gasteiger charge is 2.16. The highest BCUT2D eigenvalue weighted by molar-refractivity contribution is 5.92. The van der Waals surface area contributed by atoms with Gasteiger partial charge in [0.05, 0.1) is 11.8 Å². The van der Waals surface area contributed by atoms with Crippen LogP contribution in [0.3, 0.4) is 0 Å². The van der Waals surface area contributed by atoms with Gasteiger partial charge in [-0.2, -0.15) is 0 Å². The van der Waals surface area contributed by atoms with Gasteiger partial charge in [-0.15, -0.1) is 0 Å². The second-order valence-electron chi connectivity index (χ2n) is 5.94. The SMILES string of the molecule is CC(C)Oc1ccccc1NC(=O)CCN1CCN(C=O)CC1. The van der Waals surface area contributed by atoms with Crippen molar-refractivity contribution in [1.82, 2.24) is 9.80 Å². The number of piperazine rings is 1. The summed E-state index contributed by atoms with van der Waals surface area (Å²) in [5.41, 5.74) is 0.706. The van der Waals surface area contributed by atoms with Gasteiger partial charge in [-0.3, -0.25) is 14.5 Å². The number of nitrogens with one attached hydrogen (secondary N) is 1. The van der Waals surface area contributed by atoms with Crippen LogP contribution in [0, 0.1) is 0 Å². The monoisotopic (exact) mass is 319 g/mol. The van der Waals surface area contributed by atoms with Crippen LogP contribution in [0.15, 0.2) is 24.3 Å². The second kappa shape index (κ2) is 8.53. The Kier molecular flexibility index (Phi) is 6.40. The molecule has 0 radical (unpaired) electrons. The van der Waals surface area contributed by atoms with Crippen LogP contribution < -0.4 is 10.1 Å². The molecule has 1 aromatic carbocycles. The van der Waals surface area contributed by atoms with E-state index in [2.05, 4.69) is 10.2 Å². The number of para-hydroxylation sites is 2. The van der Waals surface area contributed by atoms with Crippen molar-refractivity contribution in [3.05, 3.63) is 24.3 Å². The van der Waals surface area contributed by atoms with Crippen LogP contribution >= 0.6 is 0 Å². The molecule has 0 spiro atoms. The zero-order chi connectivity index (χ0) is 16.7. The number of benzene rings is 1. The van der Waals surface area contributed by atoms with E-state index >= 15 is 0 Å². The maximum absolute atomic E-state index is 12.2. The number of nitrogens with zero attached hydrogens (tertiary/aromatic N) is 2. The number of rotatable bonds is 7. The molecule has 1 aliphatic heterocycles. The summed E-state index contributed by atoms with van der Waals surface area (Å²) in [5, 5.41) is 2.92. The lowest BCUT2D eigenvalue weighted by Crippen LogP contribution is -2.46. The van der Waals surface area contributed by atoms with Gasteiger partial charge in [0, 0.05) is 39.1 Å². The third kappa shape index (κ3) is 5.56. The fourth-order valence-corrected chi connectivity index (χ4v) is 2.49. The van der Waals surface area contributed by atoms with Crippen molar-refractivity contribution in [2.24, 2.45) is 0 Å². The van der Waals surface area contributed by atoms with Crippen LogP contribution in [-0.2, 0) is 9.59 Å². The van der Waals surface area contributed by atoms with Crippen molar-refractivity contribution in [3.8, 4) is 5.75 Å². The van der Waals surface area contributed by atoms with Crippen molar-refractivity contribution >= 4 is 18.0 Å². The molecule has 0 atom stereocenters. The minimum absolute atomic E-state index is 0.0253. The summed E-state index contributed by atoms with van der Waals surface area (Å²) in [7, 11) is 0. The Morgan fingerprint density at radius 3 is 2.61 bits per heavy atom. The maximum Gasteiger partial charge on any atom is 0.225 e. The van der Waals surface area contributed by atoms with Crippen LogP contribution in [0.4, 0.5) is 5.69 Å². The topological polar surface area (TPSA) is 61.9 Å². The first kappa shape index (κ1) is 17.3. The van der Waals surface area contributed by atoms with Gasteiger partial charge in [-0.25, -0.2) is 0 Å². The Hall–Kier alpha value is -2.08. The number of hydrogen-bond acceptors (Lipinski definition) is 4. The van der Waals surface area contributed by atoms with Crippen molar-refractivity contribution in [3.63, 3.8) is 0 Å². The van der Waals surface area contributed by atoms with Crippen LogP contribution in [0.2, 0.25) is 0 Å². The molecule has 0 unspecified atom stereocenters. The molecule has 0 aromatic heterocycles. The third-order valence-corrected chi connectivity index (χ3v) is 3.73. The average Bonchev–Trinajstić information content (AvgIpc) is 2.55. The molecular formula is C17H25N3O3. The van der Waals surface area contributed by atoms with E-state index in [9.17, 15) is 9.59 Å². The lowest BCUT2D eigenvalue weighted by molar-refractivity contribution is -0.120. The van der Waals surface area contributed by atoms with Crippen LogP contribution in [0.1, 0.15) is 20.3 Å². The second-order valence-corrected chi connectivity index (χ2v) is 5.94. The van der Waals surface area contributed by atoms with Gasteiger partial charge in [0.1, 0.15) is 5.75 Å². The molecule has 2 rings (SSSR count). The Bertz CT molecular complexity index is 526. The van der Waals surface area contributed by atoms with Crippen molar-refractivity contribution < 1.29 is 14.3 Å². The third-order valence-electron chi connectivity index (χ3n) is 3.73. The van der Waals surface area contributed by atoms with Gasteiger partial charge in [0.2, 0.25) is 12.3 Å². The molecule has 1 saturated heterocycles. The number of amides is 2. The summed E-state index contributed by atoms with van der Waals surface area (Å²) < 4.78 is 5.70. The number of anilines is 1. The van der Waals surface area contributed by atoms with E-state index in [-0.39, 0.29) is 12.0 Å². The minimum atomic E-state index is -0.0253. The molecule has 1 N–H and O–H groups in total. The summed E-state index contributed by atoms with van der Waals surface area (Å²) >= 11 is 0. The first-order chi connectivity index (χ1) is 11.1. The Labute approximate surface area is 137 Å². The predicted octanol–water partition coefficient (Wildman–Crippen LogP) is 1.58. The predicted molar refractivity (Wildman–Crippen MR) is 89.5 cm³/mol. The molecule has 1 aromatic rings. The number of ether oxygens (including phenoxy) is 1. The first-order valence-electron chi connectivity index (χ1n) is 8.05. The normalized spacial score (nSPS) is 15.5. The number of carbonyl (C=O) groups excluding carboxylic acids is 2. The molecule has 6 nitrogen and oxygen atoms in total. The van der Waals surface area contributed by atoms with Gasteiger partial charge >= 0.3 is 0 Å². The molecule has 23 heavy (non-hydrogen) atoms. The largest absolute Gasteiger partial charge is 0.489 e. The maximum atomic E-state index is 12.2. The number of hydrogen-bond donors (Lipinski definition) is 1. The standard InChI is InChI=1S/C17H25N3O3/c1-14(2)23-16-6-4-3-5-15(16)18-17(22)7-8-19-9-11-20(13-21)12-10-19/h3-6,13-14H,7-12H2,1-2H3,(H,18,22). The lowest BCUT2D eigenvalue weighted by Gasteiger charge is -2.32. The van der Waals surface area contributed by atoms with Gasteiger partial charge in [0.25, 0.3) is 0 Å². The summed E-state index contributed by atoms with van der Waals surface area (Å²) in [6.07, 6.45) is 1.37. The highest BCUT2D eigenvalue weighted by atomic mass is 16.5. The first-order valence-corrected chi connectivity index (χ1v) is 8.05. The molecule has 6 heteroatoms. The molecule has 1 aliphatic rings. The van der Waals surface area contributed by atoms with Crippen molar-refractivity contribution in [1.29, 1.82) is 0 Å². The van der Waals surface area contributed by atoms with E-state index in [1.807, 2.05) is 38.1 Å². The number of carbonyl (C=O) groups is 2. The Morgan fingerprint density at radius 1 is 1.26 bits per heavy atom. The Morgan fingerprint density at radius 2 is 1.96 bits per heavy atom. The van der Waals surface area contributed by atoms with E-state index in [4.69, 9.17) is 4.74 Å². The zero-order valence-corrected chi connectivity index (χ0v) is 13.8. The van der Waals surface area contributed by atoms with E-state index in [0.717, 1.165) is 32.6 Å². The summed E-state index contributed by atoms with van der Waals surface area (Å²) in [6.45, 7) is 7.71. The lowest BCUT2D eigenvalue weighted by atomic mass is 10.2.